The van der Waals surface area contributed by atoms with E-state index < -0.39 is 0 Å². The van der Waals surface area contributed by atoms with Crippen LogP contribution in [0.4, 0.5) is 0 Å². The van der Waals surface area contributed by atoms with Gasteiger partial charge in [0.2, 0.25) is 0 Å². The summed E-state index contributed by atoms with van der Waals surface area (Å²) in [6, 6.07) is 1.03. The van der Waals surface area contributed by atoms with Gasteiger partial charge in [0.05, 0.1) is 12.1 Å². The highest BCUT2D eigenvalue weighted by molar-refractivity contribution is 4.70. The third-order valence-electron chi connectivity index (χ3n) is 5.00. The molecule has 0 aromatic rings. The van der Waals surface area contributed by atoms with Crippen molar-refractivity contribution in [3.63, 3.8) is 0 Å². The Labute approximate surface area is 139 Å². The van der Waals surface area contributed by atoms with Gasteiger partial charge in [-0.1, -0.05) is 90.9 Å². The van der Waals surface area contributed by atoms with Crippen molar-refractivity contribution in [2.24, 2.45) is 10.2 Å². The predicted octanol–water partition coefficient (Wildman–Crippen LogP) is 7.47. The molecule has 0 N–H and O–H groups in total. The number of unbranched alkanes of at least 4 members (excludes halogenated alkanes) is 4. The summed E-state index contributed by atoms with van der Waals surface area (Å²) in [5.74, 6) is 0. The van der Waals surface area contributed by atoms with E-state index in [9.17, 15) is 0 Å². The fourth-order valence-corrected chi connectivity index (χ4v) is 3.44. The molecule has 22 heavy (non-hydrogen) atoms. The van der Waals surface area contributed by atoms with Crippen molar-refractivity contribution >= 4 is 0 Å². The highest BCUT2D eigenvalue weighted by atomic mass is 15.1. The molecular formula is C20H40N2. The van der Waals surface area contributed by atoms with Gasteiger partial charge in [-0.15, -0.1) is 0 Å². The van der Waals surface area contributed by atoms with Crippen molar-refractivity contribution < 1.29 is 0 Å². The SMILES string of the molecule is CCCCCC1CCCCCCCCC(CCCCC)N=N1. The molecule has 2 nitrogen and oxygen atoms in total. The van der Waals surface area contributed by atoms with Gasteiger partial charge in [-0.05, 0) is 25.7 Å². The van der Waals surface area contributed by atoms with Crippen molar-refractivity contribution in [3.8, 4) is 0 Å². The second-order valence-electron chi connectivity index (χ2n) is 7.23. The lowest BCUT2D eigenvalue weighted by molar-refractivity contribution is 0.426. The molecule has 2 heteroatoms. The molecule has 1 heterocycles. The lowest BCUT2D eigenvalue weighted by Gasteiger charge is -2.16. The fraction of sp³-hybridized carbons (Fsp3) is 1.00. The Balaban J connectivity index is 2.49. The lowest BCUT2D eigenvalue weighted by Crippen LogP contribution is -2.09. The van der Waals surface area contributed by atoms with Crippen LogP contribution in [0.15, 0.2) is 10.2 Å². The maximum atomic E-state index is 4.81. The minimum atomic E-state index is 0.514. The topological polar surface area (TPSA) is 24.7 Å². The average Bonchev–Trinajstić information content (AvgIpc) is 2.52. The number of hydrogen-bond acceptors (Lipinski definition) is 2. The van der Waals surface area contributed by atoms with Crippen molar-refractivity contribution in [3.05, 3.63) is 0 Å². The highest BCUT2D eigenvalue weighted by Crippen LogP contribution is 2.21. The molecule has 0 aliphatic carbocycles. The smallest absolute Gasteiger partial charge is 0.0708 e. The molecule has 1 aliphatic rings. The summed E-state index contributed by atoms with van der Waals surface area (Å²) in [5.41, 5.74) is 0. The Morgan fingerprint density at radius 1 is 0.591 bits per heavy atom. The van der Waals surface area contributed by atoms with Crippen molar-refractivity contribution in [1.82, 2.24) is 0 Å². The molecule has 0 bridgehead atoms. The van der Waals surface area contributed by atoms with Gasteiger partial charge < -0.3 is 0 Å². The molecule has 2 atom stereocenters. The zero-order valence-electron chi connectivity index (χ0n) is 15.4. The van der Waals surface area contributed by atoms with Crippen molar-refractivity contribution in [2.75, 3.05) is 0 Å². The molecule has 0 saturated carbocycles. The molecule has 0 fully saturated rings. The largest absolute Gasteiger partial charge is 0.191 e. The van der Waals surface area contributed by atoms with E-state index in [0.717, 1.165) is 0 Å². The van der Waals surface area contributed by atoms with Crippen LogP contribution in [0.5, 0.6) is 0 Å². The third-order valence-corrected chi connectivity index (χ3v) is 5.00. The first kappa shape index (κ1) is 19.6. The first-order valence-corrected chi connectivity index (χ1v) is 10.3. The Bertz CT molecular complexity index is 236. The van der Waals surface area contributed by atoms with E-state index in [1.807, 2.05) is 0 Å². The number of rotatable bonds is 8. The predicted molar refractivity (Wildman–Crippen MR) is 97.7 cm³/mol. The lowest BCUT2D eigenvalue weighted by atomic mass is 9.99. The molecule has 2 unspecified atom stereocenters. The van der Waals surface area contributed by atoms with Gasteiger partial charge in [-0.3, -0.25) is 0 Å². The van der Waals surface area contributed by atoms with E-state index in [2.05, 4.69) is 13.8 Å². The van der Waals surface area contributed by atoms with Crippen LogP contribution >= 0.6 is 0 Å². The van der Waals surface area contributed by atoms with Gasteiger partial charge in [0.15, 0.2) is 0 Å². The number of nitrogens with zero attached hydrogens (tertiary/aromatic N) is 2. The maximum absolute atomic E-state index is 4.81. The maximum Gasteiger partial charge on any atom is 0.0708 e. The summed E-state index contributed by atoms with van der Waals surface area (Å²) in [6.07, 6.45) is 21.4. The first-order chi connectivity index (χ1) is 10.9. The molecule has 130 valence electrons. The van der Waals surface area contributed by atoms with Gasteiger partial charge in [0.1, 0.15) is 0 Å². The Morgan fingerprint density at radius 2 is 1.00 bits per heavy atom. The molecule has 0 radical (unpaired) electrons. The molecule has 0 amide bonds. The second-order valence-corrected chi connectivity index (χ2v) is 7.23. The van der Waals surface area contributed by atoms with E-state index in [-0.39, 0.29) is 0 Å². The summed E-state index contributed by atoms with van der Waals surface area (Å²) < 4.78 is 0. The van der Waals surface area contributed by atoms with E-state index in [1.54, 1.807) is 0 Å². The van der Waals surface area contributed by atoms with Crippen LogP contribution in [0.1, 0.15) is 117 Å². The van der Waals surface area contributed by atoms with Crippen LogP contribution in [0.25, 0.3) is 0 Å². The molecule has 1 aliphatic heterocycles. The quantitative estimate of drug-likeness (QED) is 0.415. The monoisotopic (exact) mass is 308 g/mol. The van der Waals surface area contributed by atoms with Gasteiger partial charge in [-0.2, -0.15) is 10.2 Å². The molecular weight excluding hydrogens is 268 g/mol. The van der Waals surface area contributed by atoms with Gasteiger partial charge in [-0.25, -0.2) is 0 Å². The minimum Gasteiger partial charge on any atom is -0.191 e. The van der Waals surface area contributed by atoms with Crippen LogP contribution in [-0.4, -0.2) is 12.1 Å². The molecule has 1 rings (SSSR count). The third kappa shape index (κ3) is 10.3. The average molecular weight is 309 g/mol. The van der Waals surface area contributed by atoms with Crippen molar-refractivity contribution in [1.29, 1.82) is 0 Å². The minimum absolute atomic E-state index is 0.514. The molecule has 0 aromatic heterocycles. The normalized spacial score (nSPS) is 24.6. The van der Waals surface area contributed by atoms with Gasteiger partial charge in [0, 0.05) is 0 Å². The van der Waals surface area contributed by atoms with Crippen molar-refractivity contribution in [2.45, 2.75) is 129 Å². The Kier molecular flexibility index (Phi) is 12.7. The van der Waals surface area contributed by atoms with Gasteiger partial charge >= 0.3 is 0 Å². The van der Waals surface area contributed by atoms with E-state index in [4.69, 9.17) is 10.2 Å². The van der Waals surface area contributed by atoms with Crippen LogP contribution < -0.4 is 0 Å². The zero-order chi connectivity index (χ0) is 15.9. The standard InChI is InChI=1S/C20H40N2/c1-3-5-11-15-19-17-13-9-7-8-10-14-18-20(22-21-19)16-12-6-4-2/h19-20H,3-18H2,1-2H3. The summed E-state index contributed by atoms with van der Waals surface area (Å²) in [4.78, 5) is 0. The highest BCUT2D eigenvalue weighted by Gasteiger charge is 2.11. The van der Waals surface area contributed by atoms with Gasteiger partial charge in [0.25, 0.3) is 0 Å². The number of hydrogen-bond donors (Lipinski definition) is 0. The van der Waals surface area contributed by atoms with E-state index >= 15 is 0 Å². The van der Waals surface area contributed by atoms with E-state index in [0.29, 0.717) is 12.1 Å². The Hall–Kier alpha value is -0.400. The molecule has 0 aromatic carbocycles. The van der Waals surface area contributed by atoms with Crippen LogP contribution in [-0.2, 0) is 0 Å². The molecule has 0 saturated heterocycles. The van der Waals surface area contributed by atoms with Crippen LogP contribution in [0.3, 0.4) is 0 Å². The first-order valence-electron chi connectivity index (χ1n) is 10.3. The number of azo groups is 1. The zero-order valence-corrected chi connectivity index (χ0v) is 15.4. The summed E-state index contributed by atoms with van der Waals surface area (Å²) >= 11 is 0. The summed E-state index contributed by atoms with van der Waals surface area (Å²) in [7, 11) is 0. The van der Waals surface area contributed by atoms with Crippen LogP contribution in [0.2, 0.25) is 0 Å². The summed E-state index contributed by atoms with van der Waals surface area (Å²) in [6.45, 7) is 4.57. The fourth-order valence-electron chi connectivity index (χ4n) is 3.44. The molecule has 0 spiro atoms. The van der Waals surface area contributed by atoms with Crippen LogP contribution in [0, 0.1) is 0 Å². The second kappa shape index (κ2) is 14.2. The Morgan fingerprint density at radius 3 is 1.41 bits per heavy atom. The van der Waals surface area contributed by atoms with E-state index in [1.165, 1.54) is 103 Å². The summed E-state index contributed by atoms with van der Waals surface area (Å²) in [5, 5.41) is 9.63.